The first-order chi connectivity index (χ1) is 17.0. The van der Waals surface area contributed by atoms with Gasteiger partial charge in [-0.2, -0.15) is 17.8 Å². The van der Waals surface area contributed by atoms with E-state index in [9.17, 15) is 8.42 Å². The number of piperidine rings is 1. The normalized spacial score (nSPS) is 17.0. The second-order valence-electron chi connectivity index (χ2n) is 8.43. The van der Waals surface area contributed by atoms with Crippen molar-refractivity contribution in [1.29, 1.82) is 0 Å². The number of hydrogen-bond acceptors (Lipinski definition) is 7. The van der Waals surface area contributed by atoms with Gasteiger partial charge in [0, 0.05) is 24.8 Å². The topological polar surface area (TPSA) is 99.4 Å². The molecule has 0 saturated carbocycles. The second-order valence-corrected chi connectivity index (χ2v) is 10.0. The molecule has 1 saturated heterocycles. The van der Waals surface area contributed by atoms with Crippen LogP contribution in [-0.4, -0.2) is 52.2 Å². The summed E-state index contributed by atoms with van der Waals surface area (Å²) in [5, 5.41) is 5.70. The van der Waals surface area contributed by atoms with Crippen molar-refractivity contribution >= 4 is 21.3 Å². The minimum absolute atomic E-state index is 0.157. The van der Waals surface area contributed by atoms with Crippen LogP contribution in [0.3, 0.4) is 0 Å². The molecule has 4 aromatic rings. The second kappa shape index (κ2) is 10.1. The van der Waals surface area contributed by atoms with Crippen LogP contribution in [-0.2, 0) is 14.5 Å². The van der Waals surface area contributed by atoms with Crippen LogP contribution in [0.1, 0.15) is 32.2 Å². The van der Waals surface area contributed by atoms with Crippen molar-refractivity contribution in [3.63, 3.8) is 0 Å². The number of benzene rings is 2. The summed E-state index contributed by atoms with van der Waals surface area (Å²) in [6.07, 6.45) is 5.38. The summed E-state index contributed by atoms with van der Waals surface area (Å²) in [4.78, 5) is 8.68. The van der Waals surface area contributed by atoms with Crippen LogP contribution >= 0.6 is 0 Å². The minimum Gasteiger partial charge on any atom is -0.457 e. The minimum atomic E-state index is -3.77. The Bertz CT molecular complexity index is 1390. The van der Waals surface area contributed by atoms with Gasteiger partial charge < -0.3 is 4.74 Å². The maximum atomic E-state index is 12.6. The van der Waals surface area contributed by atoms with Crippen LogP contribution in [0.15, 0.2) is 67.1 Å². The van der Waals surface area contributed by atoms with Crippen LogP contribution in [0.4, 0.5) is 0 Å². The Morgan fingerprint density at radius 3 is 2.60 bits per heavy atom. The van der Waals surface area contributed by atoms with E-state index in [1.54, 1.807) is 6.20 Å². The Balaban J connectivity index is 1.43. The van der Waals surface area contributed by atoms with Crippen molar-refractivity contribution < 1.29 is 17.3 Å². The highest BCUT2D eigenvalue weighted by atomic mass is 32.2. The highest BCUT2D eigenvalue weighted by molar-refractivity contribution is 7.84. The third-order valence-electron chi connectivity index (χ3n) is 5.94. The van der Waals surface area contributed by atoms with E-state index in [1.165, 1.54) is 10.6 Å². The van der Waals surface area contributed by atoms with E-state index in [-0.39, 0.29) is 19.2 Å². The zero-order valence-corrected chi connectivity index (χ0v) is 20.3. The molecule has 1 fully saturated rings. The van der Waals surface area contributed by atoms with E-state index in [1.807, 2.05) is 66.2 Å². The molecular formula is C25H27N5O4S. The molecule has 0 bridgehead atoms. The van der Waals surface area contributed by atoms with E-state index in [0.717, 1.165) is 34.6 Å². The van der Waals surface area contributed by atoms with E-state index in [0.29, 0.717) is 25.0 Å². The molecule has 1 aliphatic rings. The number of aromatic nitrogens is 4. The van der Waals surface area contributed by atoms with Gasteiger partial charge >= 0.3 is 10.3 Å². The summed E-state index contributed by atoms with van der Waals surface area (Å²) in [5.41, 5.74) is 2.32. The number of nitrogens with zero attached hydrogens (tertiary/aromatic N) is 5. The van der Waals surface area contributed by atoms with Crippen molar-refractivity contribution in [2.24, 2.45) is 0 Å². The summed E-state index contributed by atoms with van der Waals surface area (Å²) in [6.45, 7) is 2.78. The molecule has 0 N–H and O–H groups in total. The smallest absolute Gasteiger partial charge is 0.338 e. The summed E-state index contributed by atoms with van der Waals surface area (Å²) < 4.78 is 39.5. The molecule has 0 amide bonds. The Hall–Kier alpha value is -3.34. The SMILES string of the molecule is CCCOS(=O)(=O)N1CCC[C@@H](n2nc(-c3ccc(Oc4ccccc4)cc3)c3cncnc32)C1. The summed E-state index contributed by atoms with van der Waals surface area (Å²) in [6, 6.07) is 17.2. The lowest BCUT2D eigenvalue weighted by Crippen LogP contribution is -2.41. The van der Waals surface area contributed by atoms with E-state index in [4.69, 9.17) is 14.0 Å². The predicted octanol–water partition coefficient (Wildman–Crippen LogP) is 4.59. The van der Waals surface area contributed by atoms with Gasteiger partial charge in [0.25, 0.3) is 0 Å². The molecule has 1 atom stereocenters. The highest BCUT2D eigenvalue weighted by Crippen LogP contribution is 2.33. The molecule has 1 aliphatic heterocycles. The van der Waals surface area contributed by atoms with Crippen LogP contribution in [0.25, 0.3) is 22.3 Å². The molecule has 35 heavy (non-hydrogen) atoms. The Morgan fingerprint density at radius 2 is 1.83 bits per heavy atom. The lowest BCUT2D eigenvalue weighted by molar-refractivity contribution is 0.213. The molecule has 0 unspecified atom stereocenters. The molecule has 0 radical (unpaired) electrons. The maximum Gasteiger partial charge on any atom is 0.338 e. The van der Waals surface area contributed by atoms with Gasteiger partial charge in [0.15, 0.2) is 5.65 Å². The Morgan fingerprint density at radius 1 is 1.06 bits per heavy atom. The fourth-order valence-electron chi connectivity index (χ4n) is 4.24. The maximum absolute atomic E-state index is 12.6. The molecule has 2 aromatic carbocycles. The zero-order chi connectivity index (χ0) is 24.3. The number of fused-ring (bicyclic) bond motifs is 1. The van der Waals surface area contributed by atoms with Crippen LogP contribution < -0.4 is 4.74 Å². The summed E-state index contributed by atoms with van der Waals surface area (Å²) in [5.74, 6) is 1.49. The fraction of sp³-hybridized carbons (Fsp3) is 0.320. The first kappa shape index (κ1) is 23.4. The summed E-state index contributed by atoms with van der Waals surface area (Å²) >= 11 is 0. The van der Waals surface area contributed by atoms with Crippen molar-refractivity contribution in [1.82, 2.24) is 24.1 Å². The van der Waals surface area contributed by atoms with Crippen molar-refractivity contribution in [3.05, 3.63) is 67.1 Å². The third kappa shape index (κ3) is 5.04. The first-order valence-electron chi connectivity index (χ1n) is 11.7. The summed E-state index contributed by atoms with van der Waals surface area (Å²) in [7, 11) is -3.77. The zero-order valence-electron chi connectivity index (χ0n) is 19.4. The number of para-hydroxylation sites is 1. The van der Waals surface area contributed by atoms with Gasteiger partial charge in [-0.15, -0.1) is 0 Å². The average Bonchev–Trinajstić information content (AvgIpc) is 3.28. The quantitative estimate of drug-likeness (QED) is 0.354. The van der Waals surface area contributed by atoms with Gasteiger partial charge in [-0.1, -0.05) is 25.1 Å². The van der Waals surface area contributed by atoms with Gasteiger partial charge in [-0.25, -0.2) is 14.6 Å². The van der Waals surface area contributed by atoms with Crippen molar-refractivity contribution in [2.75, 3.05) is 19.7 Å². The average molecular weight is 494 g/mol. The molecule has 10 heteroatoms. The number of hydrogen-bond donors (Lipinski definition) is 0. The van der Waals surface area contributed by atoms with Gasteiger partial charge in [0.05, 0.1) is 18.0 Å². The molecule has 182 valence electrons. The Labute approximate surface area is 204 Å². The van der Waals surface area contributed by atoms with E-state index in [2.05, 4.69) is 9.97 Å². The van der Waals surface area contributed by atoms with Crippen LogP contribution in [0.2, 0.25) is 0 Å². The number of ether oxygens (including phenoxy) is 1. The molecular weight excluding hydrogens is 466 g/mol. The van der Waals surface area contributed by atoms with E-state index >= 15 is 0 Å². The molecule has 3 heterocycles. The molecule has 9 nitrogen and oxygen atoms in total. The van der Waals surface area contributed by atoms with Crippen molar-refractivity contribution in [2.45, 2.75) is 32.2 Å². The third-order valence-corrected chi connectivity index (χ3v) is 7.36. The molecule has 0 spiro atoms. The molecule has 2 aromatic heterocycles. The molecule has 5 rings (SSSR count). The van der Waals surface area contributed by atoms with Gasteiger partial charge in [-0.3, -0.25) is 4.18 Å². The van der Waals surface area contributed by atoms with Gasteiger partial charge in [-0.05, 0) is 55.7 Å². The largest absolute Gasteiger partial charge is 0.457 e. The van der Waals surface area contributed by atoms with E-state index < -0.39 is 10.3 Å². The van der Waals surface area contributed by atoms with Crippen LogP contribution in [0.5, 0.6) is 11.5 Å². The molecule has 0 aliphatic carbocycles. The van der Waals surface area contributed by atoms with Gasteiger partial charge in [0.2, 0.25) is 0 Å². The first-order valence-corrected chi connectivity index (χ1v) is 13.1. The lowest BCUT2D eigenvalue weighted by atomic mass is 10.1. The van der Waals surface area contributed by atoms with Gasteiger partial charge in [0.1, 0.15) is 23.5 Å². The Kier molecular flexibility index (Phi) is 6.76. The predicted molar refractivity (Wildman–Crippen MR) is 132 cm³/mol. The fourth-order valence-corrected chi connectivity index (χ4v) is 5.48. The standard InChI is InChI=1S/C25H27N5O4S/c1-2-15-33-35(31,32)29-14-6-7-20(17-29)30-25-23(16-26-18-27-25)24(28-30)19-10-12-22(13-11-19)34-21-8-4-3-5-9-21/h3-5,8-13,16,18,20H,2,6-7,14-15,17H2,1H3/t20-/m1/s1. The van der Waals surface area contributed by atoms with Crippen LogP contribution in [0, 0.1) is 0 Å². The van der Waals surface area contributed by atoms with Crippen molar-refractivity contribution in [3.8, 4) is 22.8 Å². The monoisotopic (exact) mass is 493 g/mol. The highest BCUT2D eigenvalue weighted by Gasteiger charge is 2.32. The number of rotatable bonds is 8. The lowest BCUT2D eigenvalue weighted by Gasteiger charge is -2.31.